The van der Waals surface area contributed by atoms with E-state index in [0.29, 0.717) is 12.3 Å². The number of morpholine rings is 1. The second kappa shape index (κ2) is 7.08. The van der Waals surface area contributed by atoms with Crippen LogP contribution in [0.5, 0.6) is 5.75 Å². The van der Waals surface area contributed by atoms with Crippen LogP contribution in [0.1, 0.15) is 12.5 Å². The van der Waals surface area contributed by atoms with E-state index in [1.165, 1.54) is 10.5 Å². The van der Waals surface area contributed by atoms with E-state index >= 15 is 0 Å². The fourth-order valence-electron chi connectivity index (χ4n) is 2.08. The molecule has 21 heavy (non-hydrogen) atoms. The van der Waals surface area contributed by atoms with E-state index < -0.39 is 12.1 Å². The number of carbonyl (C=O) groups excluding carboxylic acids is 1. The van der Waals surface area contributed by atoms with Crippen molar-refractivity contribution in [3.8, 4) is 5.75 Å². The van der Waals surface area contributed by atoms with Crippen LogP contribution in [0, 0.1) is 0 Å². The van der Waals surface area contributed by atoms with Crippen molar-refractivity contribution in [1.29, 1.82) is 0 Å². The van der Waals surface area contributed by atoms with Crippen molar-refractivity contribution in [2.45, 2.75) is 19.4 Å². The Bertz CT molecular complexity index is 499. The first-order chi connectivity index (χ1) is 10.1. The lowest BCUT2D eigenvalue weighted by Crippen LogP contribution is -2.49. The number of hydrogen-bond donors (Lipinski definition) is 1. The Kier molecular flexibility index (Phi) is 5.16. The predicted molar refractivity (Wildman–Crippen MR) is 75.3 cm³/mol. The molecule has 1 amide bonds. The van der Waals surface area contributed by atoms with Crippen molar-refractivity contribution in [3.63, 3.8) is 0 Å². The minimum atomic E-state index is -1.05. The molecule has 0 bridgehead atoms. The smallest absolute Gasteiger partial charge is 0.334 e. The largest absolute Gasteiger partial charge is 0.484 e. The van der Waals surface area contributed by atoms with Crippen molar-refractivity contribution in [2.24, 2.45) is 0 Å². The highest BCUT2D eigenvalue weighted by atomic mass is 16.5. The van der Waals surface area contributed by atoms with Gasteiger partial charge in [-0.15, -0.1) is 0 Å². The molecular weight excluding hydrogens is 274 g/mol. The number of aryl methyl sites for hydroxylation is 1. The van der Waals surface area contributed by atoms with Gasteiger partial charge in [0.15, 0.2) is 12.7 Å². The summed E-state index contributed by atoms with van der Waals surface area (Å²) in [6.45, 7) is 2.65. The van der Waals surface area contributed by atoms with Crippen LogP contribution in [-0.4, -0.2) is 54.3 Å². The van der Waals surface area contributed by atoms with Crippen LogP contribution in [0.2, 0.25) is 0 Å². The summed E-state index contributed by atoms with van der Waals surface area (Å²) in [7, 11) is 0. The van der Waals surface area contributed by atoms with E-state index in [1.807, 2.05) is 24.3 Å². The molecule has 6 nitrogen and oxygen atoms in total. The van der Waals surface area contributed by atoms with Crippen molar-refractivity contribution < 1.29 is 24.2 Å². The monoisotopic (exact) mass is 293 g/mol. The minimum Gasteiger partial charge on any atom is -0.484 e. The summed E-state index contributed by atoms with van der Waals surface area (Å²) in [5.41, 5.74) is 1.20. The third-order valence-corrected chi connectivity index (χ3v) is 3.39. The predicted octanol–water partition coefficient (Wildman–Crippen LogP) is 0.940. The van der Waals surface area contributed by atoms with Gasteiger partial charge in [-0.25, -0.2) is 4.79 Å². The van der Waals surface area contributed by atoms with E-state index in [9.17, 15) is 9.59 Å². The van der Waals surface area contributed by atoms with E-state index in [1.54, 1.807) is 0 Å². The Hall–Kier alpha value is -2.08. The SMILES string of the molecule is CCc1ccc(OCC(=O)N2CCOC(C(=O)O)C2)cc1. The molecule has 0 aliphatic carbocycles. The second-order valence-electron chi connectivity index (χ2n) is 4.82. The van der Waals surface area contributed by atoms with Crippen LogP contribution in [0.4, 0.5) is 0 Å². The molecule has 1 aromatic rings. The summed E-state index contributed by atoms with van der Waals surface area (Å²) in [5.74, 6) is -0.656. The number of carbonyl (C=O) groups is 2. The van der Waals surface area contributed by atoms with Gasteiger partial charge in [0.25, 0.3) is 5.91 Å². The van der Waals surface area contributed by atoms with Gasteiger partial charge in [0, 0.05) is 6.54 Å². The Morgan fingerprint density at radius 3 is 2.71 bits per heavy atom. The van der Waals surface area contributed by atoms with Crippen molar-refractivity contribution >= 4 is 11.9 Å². The Balaban J connectivity index is 1.84. The van der Waals surface area contributed by atoms with E-state index in [2.05, 4.69) is 6.92 Å². The van der Waals surface area contributed by atoms with Gasteiger partial charge in [0.05, 0.1) is 13.2 Å². The molecule has 0 aromatic heterocycles. The highest BCUT2D eigenvalue weighted by molar-refractivity contribution is 5.79. The first kappa shape index (κ1) is 15.3. The Labute approximate surface area is 123 Å². The molecular formula is C15H19NO5. The molecule has 2 rings (SSSR count). The maximum absolute atomic E-state index is 12.0. The summed E-state index contributed by atoms with van der Waals surface area (Å²) >= 11 is 0. The van der Waals surface area contributed by atoms with Crippen LogP contribution in [0.15, 0.2) is 24.3 Å². The number of aliphatic carboxylic acids is 1. The number of ether oxygens (including phenoxy) is 2. The van der Waals surface area contributed by atoms with E-state index in [-0.39, 0.29) is 25.7 Å². The van der Waals surface area contributed by atoms with Crippen molar-refractivity contribution in [2.75, 3.05) is 26.3 Å². The van der Waals surface area contributed by atoms with Crippen LogP contribution in [-0.2, 0) is 20.7 Å². The molecule has 1 fully saturated rings. The van der Waals surface area contributed by atoms with Crippen LogP contribution in [0.25, 0.3) is 0 Å². The van der Waals surface area contributed by atoms with Crippen LogP contribution < -0.4 is 4.74 Å². The maximum Gasteiger partial charge on any atom is 0.334 e. The summed E-state index contributed by atoms with van der Waals surface area (Å²) in [6, 6.07) is 7.56. The number of benzene rings is 1. The van der Waals surface area contributed by atoms with Crippen LogP contribution >= 0.6 is 0 Å². The minimum absolute atomic E-state index is 0.0618. The second-order valence-corrected chi connectivity index (χ2v) is 4.82. The zero-order chi connectivity index (χ0) is 15.2. The first-order valence-corrected chi connectivity index (χ1v) is 6.94. The molecule has 6 heteroatoms. The van der Waals surface area contributed by atoms with Gasteiger partial charge in [0.1, 0.15) is 5.75 Å². The Morgan fingerprint density at radius 2 is 2.10 bits per heavy atom. The van der Waals surface area contributed by atoms with Gasteiger partial charge in [0.2, 0.25) is 0 Å². The summed E-state index contributed by atoms with van der Waals surface area (Å²) in [5, 5.41) is 8.90. The number of rotatable bonds is 5. The fourth-order valence-corrected chi connectivity index (χ4v) is 2.08. The summed E-state index contributed by atoms with van der Waals surface area (Å²) in [6.07, 6.45) is -0.00430. The number of carboxylic acids is 1. The molecule has 1 heterocycles. The third-order valence-electron chi connectivity index (χ3n) is 3.39. The van der Waals surface area contributed by atoms with Crippen molar-refractivity contribution in [1.82, 2.24) is 4.90 Å². The van der Waals surface area contributed by atoms with Gasteiger partial charge in [-0.3, -0.25) is 4.79 Å². The quantitative estimate of drug-likeness (QED) is 0.874. The number of carboxylic acid groups (broad SMARTS) is 1. The van der Waals surface area contributed by atoms with Gasteiger partial charge in [-0.2, -0.15) is 0 Å². The average molecular weight is 293 g/mol. The highest BCUT2D eigenvalue weighted by Crippen LogP contribution is 2.13. The standard InChI is InChI=1S/C15H19NO5/c1-2-11-3-5-12(6-4-11)21-10-14(17)16-7-8-20-13(9-16)15(18)19/h3-6,13H,2,7-10H2,1H3,(H,18,19). The molecule has 1 aliphatic heterocycles. The zero-order valence-corrected chi connectivity index (χ0v) is 11.9. The van der Waals surface area contributed by atoms with Crippen LogP contribution in [0.3, 0.4) is 0 Å². The molecule has 114 valence electrons. The number of amides is 1. The molecule has 1 N–H and O–H groups in total. The third kappa shape index (κ3) is 4.19. The highest BCUT2D eigenvalue weighted by Gasteiger charge is 2.28. The Morgan fingerprint density at radius 1 is 1.38 bits per heavy atom. The summed E-state index contributed by atoms with van der Waals surface area (Å²) in [4.78, 5) is 24.3. The molecule has 0 spiro atoms. The molecule has 1 atom stereocenters. The maximum atomic E-state index is 12.0. The normalized spacial score (nSPS) is 18.3. The summed E-state index contributed by atoms with van der Waals surface area (Å²) < 4.78 is 10.5. The van der Waals surface area contributed by atoms with E-state index in [4.69, 9.17) is 14.6 Å². The molecule has 1 aliphatic rings. The van der Waals surface area contributed by atoms with Gasteiger partial charge < -0.3 is 19.5 Å². The number of hydrogen-bond acceptors (Lipinski definition) is 4. The molecule has 1 unspecified atom stereocenters. The number of nitrogens with zero attached hydrogens (tertiary/aromatic N) is 1. The fraction of sp³-hybridized carbons (Fsp3) is 0.467. The molecule has 0 radical (unpaired) electrons. The van der Waals surface area contributed by atoms with Crippen molar-refractivity contribution in [3.05, 3.63) is 29.8 Å². The lowest BCUT2D eigenvalue weighted by Gasteiger charge is -2.30. The van der Waals surface area contributed by atoms with E-state index in [0.717, 1.165) is 6.42 Å². The lowest BCUT2D eigenvalue weighted by atomic mass is 10.2. The van der Waals surface area contributed by atoms with Gasteiger partial charge in [-0.1, -0.05) is 19.1 Å². The van der Waals surface area contributed by atoms with Gasteiger partial charge >= 0.3 is 5.97 Å². The first-order valence-electron chi connectivity index (χ1n) is 6.94. The molecule has 0 saturated carbocycles. The molecule has 1 aromatic carbocycles. The lowest BCUT2D eigenvalue weighted by molar-refractivity contribution is -0.159. The zero-order valence-electron chi connectivity index (χ0n) is 11.9. The average Bonchev–Trinajstić information content (AvgIpc) is 2.53. The topological polar surface area (TPSA) is 76.1 Å². The van der Waals surface area contributed by atoms with Gasteiger partial charge in [-0.05, 0) is 24.1 Å². The molecule has 1 saturated heterocycles.